The second-order valence-electron chi connectivity index (χ2n) is 6.17. The van der Waals surface area contributed by atoms with Gasteiger partial charge >= 0.3 is 0 Å². The fraction of sp³-hybridized carbons (Fsp3) is 0.421. The van der Waals surface area contributed by atoms with Crippen molar-refractivity contribution in [2.24, 2.45) is 0 Å². The molecule has 0 spiro atoms. The quantitative estimate of drug-likeness (QED) is 0.875. The molecule has 2 atom stereocenters. The van der Waals surface area contributed by atoms with Crippen LogP contribution in [0.5, 0.6) is 11.5 Å². The Balaban J connectivity index is 1.75. The van der Waals surface area contributed by atoms with Crippen LogP contribution < -0.4 is 14.8 Å². The minimum atomic E-state index is -0.323. The maximum Gasteiger partial charge on any atom is 0.141 e. The fourth-order valence-corrected chi connectivity index (χ4v) is 2.96. The van der Waals surface area contributed by atoms with E-state index in [0.29, 0.717) is 13.2 Å². The normalized spacial score (nSPS) is 17.2. The Bertz CT molecular complexity index is 721. The number of nitrogens with zero attached hydrogens (tertiary/aromatic N) is 1. The van der Waals surface area contributed by atoms with Gasteiger partial charge < -0.3 is 14.8 Å². The van der Waals surface area contributed by atoms with Crippen molar-refractivity contribution in [2.45, 2.75) is 45.9 Å². The Morgan fingerprint density at radius 1 is 1.38 bits per heavy atom. The molecule has 3 rings (SSSR count). The first kappa shape index (κ1) is 16.7. The van der Waals surface area contributed by atoms with Crippen LogP contribution in [0.3, 0.4) is 0 Å². The average molecular weight is 330 g/mol. The molecule has 0 amide bonds. The molecule has 0 unspecified atom stereocenters. The first-order chi connectivity index (χ1) is 11.6. The van der Waals surface area contributed by atoms with Crippen LogP contribution in [-0.2, 0) is 13.0 Å². The maximum absolute atomic E-state index is 13.3. The van der Waals surface area contributed by atoms with Gasteiger partial charge in [0.15, 0.2) is 0 Å². The number of hydrogen-bond donors (Lipinski definition) is 1. The lowest BCUT2D eigenvalue weighted by Gasteiger charge is -2.17. The highest BCUT2D eigenvalue weighted by molar-refractivity contribution is 5.48. The van der Waals surface area contributed by atoms with E-state index in [1.807, 2.05) is 19.9 Å². The Morgan fingerprint density at radius 3 is 2.96 bits per heavy atom. The van der Waals surface area contributed by atoms with Crippen molar-refractivity contribution in [3.63, 3.8) is 0 Å². The van der Waals surface area contributed by atoms with E-state index < -0.39 is 0 Å². The summed E-state index contributed by atoms with van der Waals surface area (Å²) in [5.41, 5.74) is 3.05. The summed E-state index contributed by atoms with van der Waals surface area (Å²) in [5, 5.41) is 3.40. The molecule has 0 saturated carbocycles. The first-order valence-electron chi connectivity index (χ1n) is 8.36. The highest BCUT2D eigenvalue weighted by atomic mass is 19.1. The molecule has 0 bridgehead atoms. The Hall–Kier alpha value is -2.14. The second-order valence-corrected chi connectivity index (χ2v) is 6.17. The number of pyridine rings is 1. The van der Waals surface area contributed by atoms with Crippen molar-refractivity contribution in [2.75, 3.05) is 6.61 Å². The molecule has 24 heavy (non-hydrogen) atoms. The van der Waals surface area contributed by atoms with Gasteiger partial charge in [0.25, 0.3) is 0 Å². The minimum absolute atomic E-state index is 0.0178. The number of nitrogens with one attached hydrogen (secondary N) is 1. The largest absolute Gasteiger partial charge is 0.494 e. The van der Waals surface area contributed by atoms with Crippen LogP contribution in [0.1, 0.15) is 43.5 Å². The smallest absolute Gasteiger partial charge is 0.141 e. The maximum atomic E-state index is 13.3. The molecule has 5 heteroatoms. The molecule has 1 aliphatic heterocycles. The summed E-state index contributed by atoms with van der Waals surface area (Å²) >= 11 is 0. The Morgan fingerprint density at radius 2 is 2.21 bits per heavy atom. The third kappa shape index (κ3) is 3.67. The van der Waals surface area contributed by atoms with Crippen molar-refractivity contribution in [1.82, 2.24) is 10.3 Å². The highest BCUT2D eigenvalue weighted by Gasteiger charge is 2.22. The van der Waals surface area contributed by atoms with E-state index in [4.69, 9.17) is 9.47 Å². The lowest BCUT2D eigenvalue weighted by Crippen LogP contribution is -2.19. The highest BCUT2D eigenvalue weighted by Crippen LogP contribution is 2.35. The molecule has 1 N–H and O–H groups in total. The van der Waals surface area contributed by atoms with Gasteiger partial charge in [0.2, 0.25) is 0 Å². The van der Waals surface area contributed by atoms with E-state index in [9.17, 15) is 4.39 Å². The third-order valence-electron chi connectivity index (χ3n) is 4.20. The molecular formula is C19H23FN2O2. The number of fused-ring (bicyclic) bond motifs is 1. The number of hydrogen-bond acceptors (Lipinski definition) is 4. The van der Waals surface area contributed by atoms with Crippen LogP contribution in [0.2, 0.25) is 0 Å². The molecule has 0 saturated heterocycles. The van der Waals surface area contributed by atoms with Gasteiger partial charge in [0, 0.05) is 36.3 Å². The molecule has 2 aromatic rings. The van der Waals surface area contributed by atoms with Crippen LogP contribution in [0, 0.1) is 5.82 Å². The molecule has 2 heterocycles. The molecular weight excluding hydrogens is 307 g/mol. The molecule has 0 radical (unpaired) electrons. The van der Waals surface area contributed by atoms with Crippen LogP contribution in [0.25, 0.3) is 0 Å². The zero-order valence-corrected chi connectivity index (χ0v) is 14.3. The van der Waals surface area contributed by atoms with E-state index in [-0.39, 0.29) is 18.0 Å². The topological polar surface area (TPSA) is 43.4 Å². The van der Waals surface area contributed by atoms with E-state index >= 15 is 0 Å². The lowest BCUT2D eigenvalue weighted by molar-refractivity contribution is 0.254. The monoisotopic (exact) mass is 330 g/mol. The van der Waals surface area contributed by atoms with E-state index in [2.05, 4.69) is 23.3 Å². The molecule has 0 aliphatic carbocycles. The predicted molar refractivity (Wildman–Crippen MR) is 90.9 cm³/mol. The predicted octanol–water partition coefficient (Wildman–Crippen LogP) is 3.79. The van der Waals surface area contributed by atoms with Gasteiger partial charge in [-0.3, -0.25) is 4.98 Å². The summed E-state index contributed by atoms with van der Waals surface area (Å²) in [7, 11) is 0. The van der Waals surface area contributed by atoms with Crippen LogP contribution in [0.15, 0.2) is 30.6 Å². The number of rotatable bonds is 6. The molecule has 128 valence electrons. The summed E-state index contributed by atoms with van der Waals surface area (Å²) in [4.78, 5) is 3.90. The van der Waals surface area contributed by atoms with Crippen molar-refractivity contribution in [1.29, 1.82) is 0 Å². The fourth-order valence-electron chi connectivity index (χ4n) is 2.96. The lowest BCUT2D eigenvalue weighted by atomic mass is 10.1. The number of aromatic nitrogens is 1. The first-order valence-corrected chi connectivity index (χ1v) is 8.36. The minimum Gasteiger partial charge on any atom is -0.494 e. The molecule has 4 nitrogen and oxygen atoms in total. The van der Waals surface area contributed by atoms with Gasteiger partial charge in [0.1, 0.15) is 23.4 Å². The van der Waals surface area contributed by atoms with Crippen molar-refractivity contribution in [3.05, 3.63) is 53.1 Å². The SMILES string of the molecule is CCOc1cc2c(cc1CN[C@@H](C)c1cncc(F)c1)O[C@@H](C)C2. The van der Waals surface area contributed by atoms with Crippen LogP contribution in [0.4, 0.5) is 4.39 Å². The molecule has 1 aromatic carbocycles. The zero-order valence-electron chi connectivity index (χ0n) is 14.3. The average Bonchev–Trinajstić information content (AvgIpc) is 2.91. The third-order valence-corrected chi connectivity index (χ3v) is 4.20. The van der Waals surface area contributed by atoms with Crippen molar-refractivity contribution in [3.8, 4) is 11.5 Å². The van der Waals surface area contributed by atoms with Crippen LogP contribution in [-0.4, -0.2) is 17.7 Å². The standard InChI is InChI=1S/C19H23FN2O2/c1-4-23-18-7-14-5-12(2)24-19(14)8-16(18)10-22-13(3)15-6-17(20)11-21-9-15/h6-9,11-13,22H,4-5,10H2,1-3H3/t12-,13-/m0/s1. The van der Waals surface area contributed by atoms with Gasteiger partial charge in [-0.25, -0.2) is 4.39 Å². The van der Waals surface area contributed by atoms with Gasteiger partial charge in [0.05, 0.1) is 12.8 Å². The molecule has 0 fully saturated rings. The number of ether oxygens (including phenoxy) is 2. The molecule has 1 aromatic heterocycles. The van der Waals surface area contributed by atoms with Crippen molar-refractivity contribution >= 4 is 0 Å². The van der Waals surface area contributed by atoms with Gasteiger partial charge in [-0.05, 0) is 44.5 Å². The summed E-state index contributed by atoms with van der Waals surface area (Å²) < 4.78 is 24.9. The van der Waals surface area contributed by atoms with Crippen LogP contribution >= 0.6 is 0 Å². The summed E-state index contributed by atoms with van der Waals surface area (Å²) in [5.74, 6) is 1.49. The summed E-state index contributed by atoms with van der Waals surface area (Å²) in [6.45, 7) is 7.26. The summed E-state index contributed by atoms with van der Waals surface area (Å²) in [6.07, 6.45) is 4.00. The zero-order chi connectivity index (χ0) is 17.1. The van der Waals surface area contributed by atoms with Gasteiger partial charge in [-0.2, -0.15) is 0 Å². The van der Waals surface area contributed by atoms with E-state index in [1.54, 1.807) is 6.20 Å². The Kier molecular flexibility index (Phi) is 5.00. The van der Waals surface area contributed by atoms with E-state index in [0.717, 1.165) is 29.0 Å². The van der Waals surface area contributed by atoms with Crippen molar-refractivity contribution < 1.29 is 13.9 Å². The summed E-state index contributed by atoms with van der Waals surface area (Å²) in [6, 6.07) is 5.61. The molecule has 1 aliphatic rings. The number of benzene rings is 1. The Labute approximate surface area is 142 Å². The van der Waals surface area contributed by atoms with Gasteiger partial charge in [-0.1, -0.05) is 0 Å². The van der Waals surface area contributed by atoms with E-state index in [1.165, 1.54) is 17.8 Å². The second kappa shape index (κ2) is 7.18. The number of halogens is 1. The van der Waals surface area contributed by atoms with Gasteiger partial charge in [-0.15, -0.1) is 0 Å².